The van der Waals surface area contributed by atoms with E-state index in [1.165, 1.54) is 41.6 Å². The highest BCUT2D eigenvalue weighted by atomic mass is 16.7. The Hall–Kier alpha value is -3.75. The molecule has 2 heterocycles. The zero-order valence-electron chi connectivity index (χ0n) is 17.1. The highest BCUT2D eigenvalue weighted by Gasteiger charge is 2.28. The van der Waals surface area contributed by atoms with E-state index < -0.39 is 0 Å². The molecular formula is C21H20O9. The lowest BCUT2D eigenvalue weighted by atomic mass is 10.1. The fourth-order valence-corrected chi connectivity index (χ4v) is 3.46. The standard InChI is InChI=1S/C21H20O9/c1-23-13-6-10(7-14-16(13)29-9-28-14)12-8-11(22)15-17(24-2)19(25-3)21(27-5)20(26-4)18(15)30-12/h6-8H,9H2,1-5H3. The third-order valence-electron chi connectivity index (χ3n) is 4.76. The van der Waals surface area contributed by atoms with E-state index in [0.717, 1.165) is 0 Å². The number of methoxy groups -OCH3 is 5. The molecule has 1 aliphatic heterocycles. The number of hydrogen-bond donors (Lipinski definition) is 0. The molecule has 0 bridgehead atoms. The van der Waals surface area contributed by atoms with E-state index in [4.69, 9.17) is 37.6 Å². The molecule has 1 aromatic heterocycles. The molecule has 9 nitrogen and oxygen atoms in total. The van der Waals surface area contributed by atoms with Crippen LogP contribution < -0.4 is 38.6 Å². The van der Waals surface area contributed by atoms with Crippen molar-refractivity contribution in [3.05, 3.63) is 28.4 Å². The summed E-state index contributed by atoms with van der Waals surface area (Å²) in [4.78, 5) is 13.1. The van der Waals surface area contributed by atoms with Gasteiger partial charge in [0.1, 0.15) is 11.1 Å². The fraction of sp³-hybridized carbons (Fsp3) is 0.286. The summed E-state index contributed by atoms with van der Waals surface area (Å²) in [6, 6.07) is 4.76. The van der Waals surface area contributed by atoms with Gasteiger partial charge in [0.2, 0.25) is 29.8 Å². The zero-order valence-corrected chi connectivity index (χ0v) is 17.1. The van der Waals surface area contributed by atoms with E-state index in [9.17, 15) is 4.79 Å². The molecule has 0 spiro atoms. The molecule has 0 N–H and O–H groups in total. The van der Waals surface area contributed by atoms with Gasteiger partial charge in [0.15, 0.2) is 28.3 Å². The Labute approximate surface area is 171 Å². The SMILES string of the molecule is COc1cc(-c2cc(=O)c3c(OC)c(OC)c(OC)c(OC)c3o2)cc2c1OCO2. The second kappa shape index (κ2) is 7.58. The predicted molar refractivity (Wildman–Crippen MR) is 107 cm³/mol. The van der Waals surface area contributed by atoms with E-state index >= 15 is 0 Å². The van der Waals surface area contributed by atoms with Gasteiger partial charge in [0.25, 0.3) is 0 Å². The molecule has 0 saturated carbocycles. The molecule has 30 heavy (non-hydrogen) atoms. The average Bonchev–Trinajstić information content (AvgIpc) is 3.25. The highest BCUT2D eigenvalue weighted by Crippen LogP contribution is 2.51. The molecule has 0 atom stereocenters. The lowest BCUT2D eigenvalue weighted by molar-refractivity contribution is 0.171. The van der Waals surface area contributed by atoms with Gasteiger partial charge >= 0.3 is 0 Å². The van der Waals surface area contributed by atoms with Gasteiger partial charge < -0.3 is 37.6 Å². The number of rotatable bonds is 6. The van der Waals surface area contributed by atoms with Crippen LogP contribution in [-0.4, -0.2) is 42.3 Å². The molecule has 0 fully saturated rings. The Kier molecular flexibility index (Phi) is 4.94. The maximum atomic E-state index is 13.1. The number of benzene rings is 2. The lowest BCUT2D eigenvalue weighted by Gasteiger charge is -2.18. The lowest BCUT2D eigenvalue weighted by Crippen LogP contribution is -2.07. The summed E-state index contributed by atoms with van der Waals surface area (Å²) >= 11 is 0. The molecule has 0 amide bonds. The zero-order chi connectivity index (χ0) is 21.4. The van der Waals surface area contributed by atoms with Crippen molar-refractivity contribution in [3.8, 4) is 51.6 Å². The minimum Gasteiger partial charge on any atom is -0.493 e. The molecule has 2 aromatic carbocycles. The number of fused-ring (bicyclic) bond motifs is 2. The van der Waals surface area contributed by atoms with E-state index in [2.05, 4.69) is 0 Å². The minimum atomic E-state index is -0.348. The first-order valence-corrected chi connectivity index (χ1v) is 8.89. The summed E-state index contributed by atoms with van der Waals surface area (Å²) in [5.74, 6) is 2.59. The van der Waals surface area contributed by atoms with Crippen LogP contribution >= 0.6 is 0 Å². The molecule has 0 aliphatic carbocycles. The Morgan fingerprint density at radius 2 is 1.43 bits per heavy atom. The third kappa shape index (κ3) is 2.81. The molecule has 0 saturated heterocycles. The van der Waals surface area contributed by atoms with Crippen LogP contribution in [0, 0.1) is 0 Å². The highest BCUT2D eigenvalue weighted by molar-refractivity contribution is 5.95. The summed E-state index contributed by atoms with van der Waals surface area (Å²) in [5.41, 5.74) is 0.371. The molecule has 0 unspecified atom stereocenters. The first-order chi connectivity index (χ1) is 14.6. The largest absolute Gasteiger partial charge is 0.493 e. The van der Waals surface area contributed by atoms with Crippen molar-refractivity contribution in [1.82, 2.24) is 0 Å². The fourth-order valence-electron chi connectivity index (χ4n) is 3.46. The Morgan fingerprint density at radius 1 is 0.767 bits per heavy atom. The van der Waals surface area contributed by atoms with Gasteiger partial charge in [-0.2, -0.15) is 0 Å². The van der Waals surface area contributed by atoms with Gasteiger partial charge in [0, 0.05) is 11.6 Å². The van der Waals surface area contributed by atoms with E-state index in [0.29, 0.717) is 22.8 Å². The summed E-state index contributed by atoms with van der Waals surface area (Å²) < 4.78 is 44.1. The number of ether oxygens (including phenoxy) is 7. The maximum absolute atomic E-state index is 13.1. The van der Waals surface area contributed by atoms with Crippen LogP contribution in [0.15, 0.2) is 27.4 Å². The quantitative estimate of drug-likeness (QED) is 0.600. The van der Waals surface area contributed by atoms with Crippen molar-refractivity contribution in [3.63, 3.8) is 0 Å². The Bertz CT molecular complexity index is 1180. The van der Waals surface area contributed by atoms with Crippen LogP contribution in [0.4, 0.5) is 0 Å². The molecule has 0 radical (unpaired) electrons. The summed E-state index contributed by atoms with van der Waals surface area (Å²) in [6.45, 7) is 0.0822. The molecule has 4 rings (SSSR count). The van der Waals surface area contributed by atoms with Gasteiger partial charge in [-0.1, -0.05) is 0 Å². The van der Waals surface area contributed by atoms with E-state index in [-0.39, 0.29) is 51.9 Å². The van der Waals surface area contributed by atoms with Crippen LogP contribution in [0.5, 0.6) is 40.2 Å². The summed E-state index contributed by atoms with van der Waals surface area (Å²) in [6.07, 6.45) is 0. The molecule has 9 heteroatoms. The van der Waals surface area contributed by atoms with Gasteiger partial charge in [-0.15, -0.1) is 0 Å². The molecule has 1 aliphatic rings. The monoisotopic (exact) mass is 416 g/mol. The minimum absolute atomic E-state index is 0.0822. The van der Waals surface area contributed by atoms with Crippen molar-refractivity contribution in [2.45, 2.75) is 0 Å². The first kappa shape index (κ1) is 19.6. The third-order valence-corrected chi connectivity index (χ3v) is 4.76. The normalized spacial score (nSPS) is 12.0. The van der Waals surface area contributed by atoms with Gasteiger partial charge in [-0.3, -0.25) is 4.79 Å². The Balaban J connectivity index is 2.05. The number of hydrogen-bond acceptors (Lipinski definition) is 9. The average molecular weight is 416 g/mol. The van der Waals surface area contributed by atoms with Crippen LogP contribution in [0.1, 0.15) is 0 Å². The smallest absolute Gasteiger partial charge is 0.231 e. The van der Waals surface area contributed by atoms with E-state index in [1.54, 1.807) is 12.1 Å². The predicted octanol–water partition coefficient (Wildman–Crippen LogP) is 3.23. The first-order valence-electron chi connectivity index (χ1n) is 8.89. The van der Waals surface area contributed by atoms with Crippen LogP contribution in [0.2, 0.25) is 0 Å². The van der Waals surface area contributed by atoms with E-state index in [1.807, 2.05) is 0 Å². The topological polar surface area (TPSA) is 94.8 Å². The van der Waals surface area contributed by atoms with Crippen molar-refractivity contribution in [2.24, 2.45) is 0 Å². The van der Waals surface area contributed by atoms with Crippen molar-refractivity contribution in [2.75, 3.05) is 42.3 Å². The van der Waals surface area contributed by atoms with Crippen LogP contribution in [0.3, 0.4) is 0 Å². The second-order valence-electron chi connectivity index (χ2n) is 6.22. The van der Waals surface area contributed by atoms with Crippen molar-refractivity contribution in [1.29, 1.82) is 0 Å². The van der Waals surface area contributed by atoms with Gasteiger partial charge in [-0.05, 0) is 12.1 Å². The molecular weight excluding hydrogens is 396 g/mol. The van der Waals surface area contributed by atoms with Crippen LogP contribution in [-0.2, 0) is 0 Å². The maximum Gasteiger partial charge on any atom is 0.231 e. The van der Waals surface area contributed by atoms with Crippen LogP contribution in [0.25, 0.3) is 22.3 Å². The summed E-state index contributed by atoms with van der Waals surface area (Å²) in [5, 5.41) is 0.170. The van der Waals surface area contributed by atoms with Crippen molar-refractivity contribution < 1.29 is 37.6 Å². The second-order valence-corrected chi connectivity index (χ2v) is 6.22. The van der Waals surface area contributed by atoms with Crippen molar-refractivity contribution >= 4 is 11.0 Å². The van der Waals surface area contributed by atoms with Gasteiger partial charge in [-0.25, -0.2) is 0 Å². The van der Waals surface area contributed by atoms with Gasteiger partial charge in [0.05, 0.1) is 35.5 Å². The molecule has 158 valence electrons. The Morgan fingerprint density at radius 3 is 2.07 bits per heavy atom. The summed E-state index contributed by atoms with van der Waals surface area (Å²) in [7, 11) is 7.29. The molecule has 3 aromatic rings.